The summed E-state index contributed by atoms with van der Waals surface area (Å²) in [5.41, 5.74) is 2.15. The first kappa shape index (κ1) is 43.9. The molecule has 4 saturated carbocycles. The van der Waals surface area contributed by atoms with E-state index >= 15 is 0 Å². The summed E-state index contributed by atoms with van der Waals surface area (Å²) in [5.74, 6) is -1.19. The van der Waals surface area contributed by atoms with E-state index in [0.29, 0.717) is 49.4 Å². The molecule has 5 N–H and O–H groups in total. The lowest BCUT2D eigenvalue weighted by atomic mass is 9.44. The second kappa shape index (κ2) is 13.2. The molecule has 12 aliphatic rings. The maximum atomic E-state index is 14.9. The van der Waals surface area contributed by atoms with Crippen LogP contribution in [-0.4, -0.2) is 107 Å². The summed E-state index contributed by atoms with van der Waals surface area (Å²) >= 11 is 0. The topological polar surface area (TPSA) is 181 Å². The zero-order valence-corrected chi connectivity index (χ0v) is 40.4. The van der Waals surface area contributed by atoms with Crippen molar-refractivity contribution in [1.29, 1.82) is 0 Å². The van der Waals surface area contributed by atoms with Crippen molar-refractivity contribution in [2.75, 3.05) is 13.2 Å². The summed E-state index contributed by atoms with van der Waals surface area (Å²) in [6.07, 6.45) is 11.4. The van der Waals surface area contributed by atoms with Gasteiger partial charge in [-0.1, -0.05) is 57.9 Å². The zero-order chi connectivity index (χ0) is 46.3. The van der Waals surface area contributed by atoms with Gasteiger partial charge in [-0.2, -0.15) is 0 Å². The quantitative estimate of drug-likeness (QED) is 0.224. The number of carbonyl (C=O) groups excluding carboxylic acids is 1. The number of aliphatic hydroxyl groups is 5. The molecular formula is C54H74N2O10. The Morgan fingerprint density at radius 2 is 1.35 bits per heavy atom. The summed E-state index contributed by atoms with van der Waals surface area (Å²) in [4.78, 5) is 26.1. The lowest BCUT2D eigenvalue weighted by Gasteiger charge is -2.61. The van der Waals surface area contributed by atoms with Crippen LogP contribution in [0.4, 0.5) is 0 Å². The molecule has 1 aromatic heterocycles. The number of hydrogen-bond donors (Lipinski definition) is 5. The molecular weight excluding hydrogens is 837 g/mol. The third-order valence-electron chi connectivity index (χ3n) is 22.9. The fourth-order valence-electron chi connectivity index (χ4n) is 19.3. The number of aliphatic hydroxyl groups excluding tert-OH is 4. The van der Waals surface area contributed by atoms with E-state index in [0.717, 1.165) is 86.1 Å². The van der Waals surface area contributed by atoms with E-state index < -0.39 is 69.5 Å². The Morgan fingerprint density at radius 3 is 1.95 bits per heavy atom. The molecule has 12 nitrogen and oxygen atoms in total. The summed E-state index contributed by atoms with van der Waals surface area (Å²) in [6.45, 7) is 16.8. The van der Waals surface area contributed by atoms with Crippen LogP contribution in [0.5, 0.6) is 0 Å². The van der Waals surface area contributed by atoms with Crippen LogP contribution in [0.3, 0.4) is 0 Å². The Labute approximate surface area is 389 Å². The first-order chi connectivity index (χ1) is 31.0. The molecule has 0 amide bonds. The van der Waals surface area contributed by atoms with Crippen molar-refractivity contribution in [2.24, 2.45) is 74.9 Å². The predicted octanol–water partition coefficient (Wildman–Crippen LogP) is 5.50. The maximum absolute atomic E-state index is 14.9. The minimum Gasteiger partial charge on any atom is -0.393 e. The van der Waals surface area contributed by atoms with Crippen LogP contribution in [0.1, 0.15) is 136 Å². The van der Waals surface area contributed by atoms with Gasteiger partial charge in [0.2, 0.25) is 5.79 Å². The maximum Gasteiger partial charge on any atom is 0.201 e. The van der Waals surface area contributed by atoms with Crippen LogP contribution in [0, 0.1) is 74.9 Å². The number of Topliss-reactive ketones (excluding diaryl/α,β-unsaturated/α-hetero) is 1. The first-order valence-corrected chi connectivity index (χ1v) is 26.0. The number of nitrogens with zero attached hydrogens (tertiary/aromatic N) is 2. The molecule has 66 heavy (non-hydrogen) atoms. The summed E-state index contributed by atoms with van der Waals surface area (Å²) < 4.78 is 26.3. The molecule has 4 saturated heterocycles. The molecule has 1 unspecified atom stereocenters. The second-order valence-corrected chi connectivity index (χ2v) is 26.1. The fraction of sp³-hybridized carbons (Fsp3) is 0.833. The highest BCUT2D eigenvalue weighted by atomic mass is 16.7. The predicted molar refractivity (Wildman–Crippen MR) is 240 cm³/mol. The average molecular weight is 911 g/mol. The van der Waals surface area contributed by atoms with Crippen molar-refractivity contribution in [3.8, 4) is 0 Å². The van der Waals surface area contributed by atoms with Gasteiger partial charge in [0.05, 0.1) is 58.7 Å². The van der Waals surface area contributed by atoms with Crippen molar-refractivity contribution in [3.05, 3.63) is 46.1 Å². The van der Waals surface area contributed by atoms with Gasteiger partial charge in [0.25, 0.3) is 0 Å². The van der Waals surface area contributed by atoms with Crippen LogP contribution in [0.15, 0.2) is 23.3 Å². The number of fused-ring (bicyclic) bond motifs is 13. The number of aromatic nitrogens is 2. The molecule has 12 heteroatoms. The van der Waals surface area contributed by atoms with Crippen LogP contribution >= 0.6 is 0 Å². The number of rotatable bonds is 1. The molecule has 0 aromatic carbocycles. The van der Waals surface area contributed by atoms with Crippen molar-refractivity contribution in [1.82, 2.24) is 9.97 Å². The summed E-state index contributed by atoms with van der Waals surface area (Å²) in [6, 6.07) is 0. The lowest BCUT2D eigenvalue weighted by Crippen LogP contribution is -2.65. The van der Waals surface area contributed by atoms with Crippen LogP contribution in [0.2, 0.25) is 0 Å². The van der Waals surface area contributed by atoms with E-state index in [4.69, 9.17) is 28.9 Å². The lowest BCUT2D eigenvalue weighted by molar-refractivity contribution is -0.336. The minimum absolute atomic E-state index is 0.0632. The molecule has 5 heterocycles. The molecule has 0 bridgehead atoms. The Balaban J connectivity index is 0.762. The van der Waals surface area contributed by atoms with Crippen molar-refractivity contribution in [2.45, 2.75) is 192 Å². The standard InChI is InChI=1S/C54H74N2O10/c1-26-32-13-14-33-30-11-9-28-15-37-40(21-49(28,7)35(30)18-42(59)51(32,33)25-63-53(26)43(60)22-46(3,4)65-53)56-38-16-29-10-12-31-34(48(29,6)20-39(38)55-37)17-41(58)50(8)36(31)19-45-52(50,62)27(2)54(64-45)44(61)23-47(5,24-57)66-54/h14,19,26-32,34-35,41,43-45,57-58,60-62H,9-13,15-18,20-25H2,1-8H3/t26-,27-,28-,29-,30-,31+,32+,34-,35-,41+,43?,44+,45-,47-,48-,49-,50+,51+,52+,53+,54-/m0/s1. The van der Waals surface area contributed by atoms with Gasteiger partial charge in [-0.3, -0.25) is 14.8 Å². The van der Waals surface area contributed by atoms with Gasteiger partial charge in [0, 0.05) is 36.5 Å². The van der Waals surface area contributed by atoms with E-state index in [2.05, 4.69) is 32.9 Å². The molecule has 13 rings (SSSR count). The molecule has 1 aromatic rings. The number of ether oxygens (including phenoxy) is 4. The number of carbonyl (C=O) groups is 1. The van der Waals surface area contributed by atoms with Gasteiger partial charge in [-0.25, -0.2) is 0 Å². The van der Waals surface area contributed by atoms with Gasteiger partial charge in [0.1, 0.15) is 29.7 Å². The van der Waals surface area contributed by atoms with Gasteiger partial charge in [0.15, 0.2) is 5.79 Å². The third-order valence-corrected chi connectivity index (χ3v) is 22.9. The molecule has 360 valence electrons. The Hall–Kier alpha value is -2.13. The van der Waals surface area contributed by atoms with Crippen LogP contribution in [-0.2, 0) is 49.4 Å². The fourth-order valence-corrected chi connectivity index (χ4v) is 19.3. The van der Waals surface area contributed by atoms with Crippen molar-refractivity contribution >= 4 is 5.78 Å². The van der Waals surface area contributed by atoms with E-state index in [1.54, 1.807) is 6.92 Å². The van der Waals surface area contributed by atoms with E-state index in [1.165, 1.54) is 5.57 Å². The molecule has 8 aliphatic carbocycles. The smallest absolute Gasteiger partial charge is 0.201 e. The normalized spacial score (nSPS) is 56.8. The zero-order valence-electron chi connectivity index (χ0n) is 40.4. The highest BCUT2D eigenvalue weighted by Crippen LogP contribution is 2.72. The van der Waals surface area contributed by atoms with Gasteiger partial charge >= 0.3 is 0 Å². The summed E-state index contributed by atoms with van der Waals surface area (Å²) in [7, 11) is 0. The number of hydrogen-bond acceptors (Lipinski definition) is 12. The third kappa shape index (κ3) is 4.97. The van der Waals surface area contributed by atoms with Gasteiger partial charge in [-0.15, -0.1) is 0 Å². The Kier molecular flexibility index (Phi) is 8.79. The van der Waals surface area contributed by atoms with Gasteiger partial charge in [-0.05, 0) is 137 Å². The number of allylic oxidation sites excluding steroid dienone is 1. The SMILES string of the molecule is C[C@@H]1[C@]2(O[C@H]3C=C4[C@@H]5CC[C@H]6Cc7nc8c(nc7C[C@]6(C)[C@H]5C[C@@H](O)[C@]4(C)[C@]31O)C[C@@H]1CC[C@H]3C4=CC[C@@H]5[C@H](C)[C@@]6(OC[C@]45C(=O)C[C@@H]3[C@@]1(C)C8)OC(C)(C)CC6O)O[C@](C)(CO)C[C@H]2O. The number of ketones is 1. The molecule has 4 aliphatic heterocycles. The van der Waals surface area contributed by atoms with Crippen molar-refractivity contribution in [3.63, 3.8) is 0 Å². The Morgan fingerprint density at radius 1 is 0.727 bits per heavy atom. The second-order valence-electron chi connectivity index (χ2n) is 26.1. The average Bonchev–Trinajstić information content (AvgIpc) is 3.98. The highest BCUT2D eigenvalue weighted by molar-refractivity contribution is 5.91. The van der Waals surface area contributed by atoms with Gasteiger partial charge < -0.3 is 44.5 Å². The molecule has 3 spiro atoms. The first-order valence-electron chi connectivity index (χ1n) is 26.0. The molecule has 21 atom stereocenters. The minimum atomic E-state index is -1.49. The molecule has 8 fully saturated rings. The Bertz CT molecular complexity index is 2390. The van der Waals surface area contributed by atoms with Crippen LogP contribution < -0.4 is 0 Å². The largest absolute Gasteiger partial charge is 0.393 e. The van der Waals surface area contributed by atoms with E-state index in [9.17, 15) is 30.3 Å². The highest BCUT2D eigenvalue weighted by Gasteiger charge is 2.79. The monoisotopic (exact) mass is 911 g/mol. The summed E-state index contributed by atoms with van der Waals surface area (Å²) in [5, 5.41) is 58.3. The van der Waals surface area contributed by atoms with Crippen LogP contribution in [0.25, 0.3) is 0 Å². The van der Waals surface area contributed by atoms with E-state index in [1.807, 2.05) is 27.7 Å². The van der Waals surface area contributed by atoms with Crippen molar-refractivity contribution < 1.29 is 49.3 Å². The van der Waals surface area contributed by atoms with E-state index in [-0.39, 0.29) is 53.4 Å². The molecule has 0 radical (unpaired) electrons.